The highest BCUT2D eigenvalue weighted by molar-refractivity contribution is 7.07. The Morgan fingerprint density at radius 3 is 2.55 bits per heavy atom. The molecule has 1 N–H and O–H groups in total. The molecule has 1 amide bonds. The van der Waals surface area contributed by atoms with Gasteiger partial charge in [-0.15, -0.1) is 0 Å². The van der Waals surface area contributed by atoms with Crippen molar-refractivity contribution in [3.8, 4) is 5.69 Å². The maximum absolute atomic E-state index is 12.2. The molecule has 0 aliphatic rings. The number of hydrogen-bond donors (Lipinski definition) is 1. The number of amides is 1. The van der Waals surface area contributed by atoms with E-state index in [0.717, 1.165) is 28.4 Å². The second kappa shape index (κ2) is 8.87. The number of nitrogens with one attached hydrogen (secondary N) is 1. The van der Waals surface area contributed by atoms with E-state index in [4.69, 9.17) is 4.74 Å². The minimum atomic E-state index is -0.536. The standard InChI is InChI=1S/C20H22N4O4S/c1-13-12-29-20(27)23(13)10-9-18(26)28-11-17(25)21-19-14(2)22-24(15(19)3)16-7-5-4-6-8-16/h4-8,12H,9-11H2,1-3H3,(H,21,25). The van der Waals surface area contributed by atoms with E-state index in [0.29, 0.717) is 11.4 Å². The molecule has 0 saturated heterocycles. The molecule has 0 unspecified atom stereocenters. The predicted octanol–water partition coefficient (Wildman–Crippen LogP) is 2.59. The molecule has 0 saturated carbocycles. The van der Waals surface area contributed by atoms with Gasteiger partial charge < -0.3 is 14.6 Å². The van der Waals surface area contributed by atoms with Crippen LogP contribution in [0.4, 0.5) is 5.69 Å². The Kier molecular flexibility index (Phi) is 6.28. The summed E-state index contributed by atoms with van der Waals surface area (Å²) in [7, 11) is 0. The molecule has 1 aromatic carbocycles. The second-order valence-corrected chi connectivity index (χ2v) is 7.37. The van der Waals surface area contributed by atoms with Gasteiger partial charge in [0, 0.05) is 17.6 Å². The maximum Gasteiger partial charge on any atom is 0.308 e. The van der Waals surface area contributed by atoms with Crippen molar-refractivity contribution in [2.24, 2.45) is 0 Å². The lowest BCUT2D eigenvalue weighted by atomic mass is 10.3. The monoisotopic (exact) mass is 414 g/mol. The molecule has 29 heavy (non-hydrogen) atoms. The Morgan fingerprint density at radius 2 is 1.90 bits per heavy atom. The second-order valence-electron chi connectivity index (χ2n) is 6.55. The predicted molar refractivity (Wildman–Crippen MR) is 111 cm³/mol. The van der Waals surface area contributed by atoms with Gasteiger partial charge >= 0.3 is 10.8 Å². The van der Waals surface area contributed by atoms with E-state index < -0.39 is 18.5 Å². The minimum absolute atomic E-state index is 0.0226. The van der Waals surface area contributed by atoms with E-state index in [-0.39, 0.29) is 17.8 Å². The molecule has 0 aliphatic heterocycles. The molecule has 0 atom stereocenters. The maximum atomic E-state index is 12.2. The number of ether oxygens (including phenoxy) is 1. The van der Waals surface area contributed by atoms with Crippen molar-refractivity contribution >= 4 is 28.9 Å². The number of benzene rings is 1. The topological polar surface area (TPSA) is 95.2 Å². The summed E-state index contributed by atoms with van der Waals surface area (Å²) in [6.07, 6.45) is 0.0226. The number of aryl methyl sites for hydroxylation is 2. The van der Waals surface area contributed by atoms with Crippen molar-refractivity contribution in [3.63, 3.8) is 0 Å². The fourth-order valence-corrected chi connectivity index (χ4v) is 3.68. The van der Waals surface area contributed by atoms with E-state index in [1.165, 1.54) is 4.57 Å². The molecule has 152 valence electrons. The van der Waals surface area contributed by atoms with Crippen LogP contribution in [0.5, 0.6) is 0 Å². The first-order valence-electron chi connectivity index (χ1n) is 9.09. The molecule has 0 radical (unpaired) electrons. The molecular formula is C20H22N4O4S. The van der Waals surface area contributed by atoms with Gasteiger partial charge in [-0.3, -0.25) is 14.4 Å². The van der Waals surface area contributed by atoms with E-state index in [1.807, 2.05) is 37.3 Å². The fraction of sp³-hybridized carbons (Fsp3) is 0.300. The first-order chi connectivity index (χ1) is 13.9. The SMILES string of the molecule is Cc1nn(-c2ccccc2)c(C)c1NC(=O)COC(=O)CCn1c(C)csc1=O. The average molecular weight is 414 g/mol. The van der Waals surface area contributed by atoms with E-state index in [9.17, 15) is 14.4 Å². The van der Waals surface area contributed by atoms with Gasteiger partial charge in [0.2, 0.25) is 0 Å². The van der Waals surface area contributed by atoms with Gasteiger partial charge in [0.05, 0.1) is 29.2 Å². The zero-order valence-electron chi connectivity index (χ0n) is 16.5. The van der Waals surface area contributed by atoms with E-state index in [1.54, 1.807) is 23.9 Å². The third-order valence-corrected chi connectivity index (χ3v) is 5.32. The number of nitrogens with zero attached hydrogens (tertiary/aromatic N) is 3. The first kappa shape index (κ1) is 20.5. The Balaban J connectivity index is 1.55. The largest absolute Gasteiger partial charge is 0.456 e. The van der Waals surface area contributed by atoms with Crippen LogP contribution in [-0.2, 0) is 20.9 Å². The molecular weight excluding hydrogens is 392 g/mol. The molecule has 3 aromatic rings. The highest BCUT2D eigenvalue weighted by Crippen LogP contribution is 2.22. The van der Waals surface area contributed by atoms with Crippen LogP contribution in [0, 0.1) is 20.8 Å². The minimum Gasteiger partial charge on any atom is -0.456 e. The number of carbonyl (C=O) groups excluding carboxylic acids is 2. The average Bonchev–Trinajstić information content (AvgIpc) is 3.18. The van der Waals surface area contributed by atoms with Gasteiger partial charge in [-0.05, 0) is 32.9 Å². The molecule has 0 fully saturated rings. The van der Waals surface area contributed by atoms with Crippen LogP contribution in [-0.4, -0.2) is 32.8 Å². The van der Waals surface area contributed by atoms with Gasteiger partial charge in [-0.1, -0.05) is 29.5 Å². The number of para-hydroxylation sites is 1. The van der Waals surface area contributed by atoms with Gasteiger partial charge in [0.15, 0.2) is 6.61 Å². The third kappa shape index (κ3) is 4.80. The van der Waals surface area contributed by atoms with Crippen LogP contribution in [0.2, 0.25) is 0 Å². The lowest BCUT2D eigenvalue weighted by molar-refractivity contribution is -0.147. The third-order valence-electron chi connectivity index (χ3n) is 4.44. The molecule has 0 aliphatic carbocycles. The van der Waals surface area contributed by atoms with Crippen LogP contribution in [0.1, 0.15) is 23.5 Å². The molecule has 0 bridgehead atoms. The number of thiazole rings is 1. The van der Waals surface area contributed by atoms with Crippen molar-refractivity contribution in [2.75, 3.05) is 11.9 Å². The normalized spacial score (nSPS) is 10.7. The van der Waals surface area contributed by atoms with Crippen molar-refractivity contribution < 1.29 is 14.3 Å². The summed E-state index contributed by atoms with van der Waals surface area (Å²) in [5.74, 6) is -0.980. The van der Waals surface area contributed by atoms with Crippen LogP contribution >= 0.6 is 11.3 Å². The number of esters is 1. The van der Waals surface area contributed by atoms with E-state index >= 15 is 0 Å². The fourth-order valence-electron chi connectivity index (χ4n) is 2.92. The highest BCUT2D eigenvalue weighted by atomic mass is 32.1. The van der Waals surface area contributed by atoms with Crippen molar-refractivity contribution in [3.05, 3.63) is 62.5 Å². The number of rotatable bonds is 7. The summed E-state index contributed by atoms with van der Waals surface area (Å²) < 4.78 is 8.29. The van der Waals surface area contributed by atoms with Gasteiger partial charge in [-0.25, -0.2) is 4.68 Å². The van der Waals surface area contributed by atoms with E-state index in [2.05, 4.69) is 10.4 Å². The van der Waals surface area contributed by atoms with Gasteiger partial charge in [0.25, 0.3) is 5.91 Å². The smallest absolute Gasteiger partial charge is 0.308 e. The summed E-state index contributed by atoms with van der Waals surface area (Å²) in [6, 6.07) is 9.59. The lowest BCUT2D eigenvalue weighted by Crippen LogP contribution is -2.23. The Bertz CT molecular complexity index is 1080. The first-order valence-corrected chi connectivity index (χ1v) is 9.97. The number of hydrogen-bond acceptors (Lipinski definition) is 6. The van der Waals surface area contributed by atoms with Gasteiger partial charge in [-0.2, -0.15) is 5.10 Å². The Hall–Kier alpha value is -3.20. The van der Waals surface area contributed by atoms with Crippen molar-refractivity contribution in [1.29, 1.82) is 0 Å². The molecule has 8 nitrogen and oxygen atoms in total. The zero-order valence-corrected chi connectivity index (χ0v) is 17.3. The highest BCUT2D eigenvalue weighted by Gasteiger charge is 2.16. The number of carbonyl (C=O) groups is 2. The summed E-state index contributed by atoms with van der Waals surface area (Å²) in [5, 5.41) is 8.96. The summed E-state index contributed by atoms with van der Waals surface area (Å²) in [4.78, 5) is 35.7. The summed E-state index contributed by atoms with van der Waals surface area (Å²) >= 11 is 1.09. The summed E-state index contributed by atoms with van der Waals surface area (Å²) in [5.41, 5.74) is 3.72. The van der Waals surface area contributed by atoms with Crippen LogP contribution in [0.3, 0.4) is 0 Å². The molecule has 2 aromatic heterocycles. The Labute approximate surface area is 171 Å². The molecule has 0 spiro atoms. The van der Waals surface area contributed by atoms with Gasteiger partial charge in [0.1, 0.15) is 0 Å². The molecule has 3 rings (SSSR count). The van der Waals surface area contributed by atoms with Crippen LogP contribution < -0.4 is 10.2 Å². The lowest BCUT2D eigenvalue weighted by Gasteiger charge is -2.08. The van der Waals surface area contributed by atoms with Crippen molar-refractivity contribution in [1.82, 2.24) is 14.3 Å². The van der Waals surface area contributed by atoms with Crippen molar-refractivity contribution in [2.45, 2.75) is 33.7 Å². The zero-order chi connectivity index (χ0) is 21.0. The summed E-state index contributed by atoms with van der Waals surface area (Å²) in [6.45, 7) is 5.30. The quantitative estimate of drug-likeness (QED) is 0.600. The Morgan fingerprint density at radius 1 is 1.17 bits per heavy atom. The molecule has 2 heterocycles. The number of aromatic nitrogens is 3. The van der Waals surface area contributed by atoms with Crippen LogP contribution in [0.15, 0.2) is 40.5 Å². The number of anilines is 1. The van der Waals surface area contributed by atoms with Crippen LogP contribution in [0.25, 0.3) is 5.69 Å². The molecule has 9 heteroatoms.